The van der Waals surface area contributed by atoms with E-state index in [4.69, 9.17) is 9.72 Å². The molecule has 5 heterocycles. The van der Waals surface area contributed by atoms with Gasteiger partial charge in [0, 0.05) is 55.3 Å². The molecule has 9 rings (SSSR count). The van der Waals surface area contributed by atoms with Crippen LogP contribution in [0, 0.1) is 11.8 Å². The van der Waals surface area contributed by atoms with Gasteiger partial charge in [-0.05, 0) is 93.5 Å². The molecule has 324 valence electrons. The van der Waals surface area contributed by atoms with Crippen molar-refractivity contribution in [1.82, 2.24) is 29.8 Å². The molecule has 2 N–H and O–H groups in total. The van der Waals surface area contributed by atoms with Crippen LogP contribution in [-0.2, 0) is 42.0 Å². The van der Waals surface area contributed by atoms with Gasteiger partial charge in [-0.1, -0.05) is 37.1 Å². The Hall–Kier alpha value is -4.99. The molecule has 2 aromatic heterocycles. The van der Waals surface area contributed by atoms with Gasteiger partial charge in [0.15, 0.2) is 0 Å². The Morgan fingerprint density at radius 1 is 1.00 bits per heavy atom. The first-order valence-corrected chi connectivity index (χ1v) is 23.4. The Morgan fingerprint density at radius 2 is 1.85 bits per heavy atom. The van der Waals surface area contributed by atoms with Gasteiger partial charge in [-0.3, -0.25) is 28.9 Å². The van der Waals surface area contributed by atoms with Crippen LogP contribution in [0.5, 0.6) is 5.75 Å². The Morgan fingerprint density at radius 3 is 2.64 bits per heavy atom. The number of carbonyl (C=O) groups excluding carboxylic acids is 4. The molecule has 13 nitrogen and oxygen atoms in total. The molecule has 3 aliphatic heterocycles. The van der Waals surface area contributed by atoms with E-state index in [1.54, 1.807) is 6.20 Å². The van der Waals surface area contributed by atoms with E-state index in [2.05, 4.69) is 21.1 Å². The van der Waals surface area contributed by atoms with Gasteiger partial charge in [0.25, 0.3) is 11.8 Å². The molecule has 16 heteroatoms. The second-order valence-corrected chi connectivity index (χ2v) is 19.8. The van der Waals surface area contributed by atoms with E-state index in [9.17, 15) is 36.4 Å². The minimum absolute atomic E-state index is 0.0306. The van der Waals surface area contributed by atoms with Crippen LogP contribution in [0.3, 0.4) is 0 Å². The first-order valence-electron chi connectivity index (χ1n) is 21.8. The highest BCUT2D eigenvalue weighted by atomic mass is 32.2. The molecule has 6 aliphatic rings. The number of sulfonamides is 1. The van der Waals surface area contributed by atoms with Gasteiger partial charge >= 0.3 is 0 Å². The van der Waals surface area contributed by atoms with Crippen molar-refractivity contribution < 1.29 is 41.1 Å². The molecule has 2 saturated heterocycles. The smallest absolute Gasteiger partial charge is 0.265 e. The highest BCUT2D eigenvalue weighted by Gasteiger charge is 2.62. The summed E-state index contributed by atoms with van der Waals surface area (Å²) in [5.74, 6) is -6.31. The van der Waals surface area contributed by atoms with Crippen LogP contribution in [-0.4, -0.2) is 100 Å². The number of alkyl halides is 2. The molecule has 2 saturated carbocycles. The summed E-state index contributed by atoms with van der Waals surface area (Å²) in [4.78, 5) is 69.3. The van der Waals surface area contributed by atoms with E-state index in [-0.39, 0.29) is 45.2 Å². The van der Waals surface area contributed by atoms with Crippen LogP contribution >= 0.6 is 0 Å². The number of amides is 4. The number of hydrogen-bond acceptors (Lipinski definition) is 9. The average Bonchev–Trinajstić information content (AvgIpc) is 4.12. The van der Waals surface area contributed by atoms with E-state index < -0.39 is 80.9 Å². The van der Waals surface area contributed by atoms with Crippen molar-refractivity contribution in [2.24, 2.45) is 11.8 Å². The second-order valence-electron chi connectivity index (χ2n) is 17.8. The van der Waals surface area contributed by atoms with Crippen molar-refractivity contribution >= 4 is 44.6 Å². The number of piperidine rings is 1. The number of benzene rings is 1. The lowest BCUT2D eigenvalue weighted by Crippen LogP contribution is -2.57. The first-order chi connectivity index (χ1) is 29.3. The summed E-state index contributed by atoms with van der Waals surface area (Å²) in [6.45, 7) is -0.553. The number of hydrogen-bond donors (Lipinski definition) is 2. The minimum Gasteiger partial charge on any atom is -0.488 e. The maximum absolute atomic E-state index is 14.9. The summed E-state index contributed by atoms with van der Waals surface area (Å²) in [5.41, 5.74) is 2.89. The highest BCUT2D eigenvalue weighted by Crippen LogP contribution is 2.46. The van der Waals surface area contributed by atoms with Gasteiger partial charge in [-0.15, -0.1) is 0 Å². The lowest BCUT2D eigenvalue weighted by molar-refractivity contribution is -0.148. The minimum atomic E-state index is -3.93. The van der Waals surface area contributed by atoms with E-state index in [1.807, 2.05) is 42.5 Å². The van der Waals surface area contributed by atoms with Crippen molar-refractivity contribution in [2.75, 3.05) is 19.6 Å². The van der Waals surface area contributed by atoms with Crippen molar-refractivity contribution in [3.8, 4) is 17.1 Å². The van der Waals surface area contributed by atoms with E-state index >= 15 is 0 Å². The second kappa shape index (κ2) is 16.4. The third-order valence-electron chi connectivity index (χ3n) is 13.4. The maximum Gasteiger partial charge on any atom is 0.265 e. The number of pyridine rings is 2. The van der Waals surface area contributed by atoms with Crippen molar-refractivity contribution in [3.05, 3.63) is 65.9 Å². The summed E-state index contributed by atoms with van der Waals surface area (Å²) in [7, 11) is -3.93. The van der Waals surface area contributed by atoms with Gasteiger partial charge in [-0.2, -0.15) is 0 Å². The predicted octanol–water partition coefficient (Wildman–Crippen LogP) is 5.40. The summed E-state index contributed by atoms with van der Waals surface area (Å²) in [6.07, 6.45) is 11.3. The summed E-state index contributed by atoms with van der Waals surface area (Å²) in [6, 6.07) is 10.3. The molecule has 4 fully saturated rings. The third kappa shape index (κ3) is 8.61. The topological polar surface area (TPSA) is 168 Å². The lowest BCUT2D eigenvalue weighted by Gasteiger charge is -2.34. The largest absolute Gasteiger partial charge is 0.488 e. The molecule has 1 aromatic carbocycles. The predicted molar refractivity (Wildman–Crippen MR) is 222 cm³/mol. The molecule has 3 aliphatic carbocycles. The SMILES string of the molecule is O=C1NC2(C(=O)NS(=O)(=O)C3CC3)C[C@H]2C=CCCCCC[C@H](CC(=O)N2CCCC(F)(F)C2)C(=O)N2C[C@H](Oc3cc(-c4ccccn4)nc4c5c(ccc34)CCC5)C[C@@H]12. The van der Waals surface area contributed by atoms with Crippen LogP contribution < -0.4 is 14.8 Å². The number of aryl methyl sites for hydroxylation is 2. The fourth-order valence-electron chi connectivity index (χ4n) is 9.75. The van der Waals surface area contributed by atoms with E-state index in [0.717, 1.165) is 53.5 Å². The van der Waals surface area contributed by atoms with Crippen LogP contribution in [0.4, 0.5) is 8.78 Å². The summed E-state index contributed by atoms with van der Waals surface area (Å²) >= 11 is 0. The fraction of sp³-hybridized carbons (Fsp3) is 0.556. The molecule has 61 heavy (non-hydrogen) atoms. The summed E-state index contributed by atoms with van der Waals surface area (Å²) in [5, 5.41) is 3.03. The number of likely N-dealkylation sites (tertiary alicyclic amines) is 1. The number of ether oxygens (including phenoxy) is 1. The van der Waals surface area contributed by atoms with Crippen LogP contribution in [0.15, 0.2) is 54.7 Å². The van der Waals surface area contributed by atoms with Crippen molar-refractivity contribution in [3.63, 3.8) is 0 Å². The average molecular weight is 859 g/mol. The summed E-state index contributed by atoms with van der Waals surface area (Å²) < 4.78 is 63.9. The molecule has 0 spiro atoms. The van der Waals surface area contributed by atoms with Gasteiger partial charge in [0.1, 0.15) is 23.4 Å². The number of nitrogens with zero attached hydrogens (tertiary/aromatic N) is 4. The number of fused-ring (bicyclic) bond motifs is 5. The zero-order valence-electron chi connectivity index (χ0n) is 34.1. The molecule has 0 radical (unpaired) electrons. The number of rotatable bonds is 8. The zero-order chi connectivity index (χ0) is 42.5. The van der Waals surface area contributed by atoms with Gasteiger partial charge in [-0.25, -0.2) is 22.2 Å². The molecule has 0 bridgehead atoms. The Balaban J connectivity index is 1.05. The Bertz CT molecular complexity index is 2380. The molecule has 5 atom stereocenters. The maximum atomic E-state index is 14.9. The lowest BCUT2D eigenvalue weighted by atomic mass is 9.94. The van der Waals surface area contributed by atoms with Crippen molar-refractivity contribution in [2.45, 2.75) is 125 Å². The van der Waals surface area contributed by atoms with E-state index in [0.29, 0.717) is 49.2 Å². The molecular formula is C45H52F2N6O7S. The third-order valence-corrected chi connectivity index (χ3v) is 15.2. The highest BCUT2D eigenvalue weighted by molar-refractivity contribution is 7.91. The number of aromatic nitrogens is 2. The van der Waals surface area contributed by atoms with E-state index in [1.165, 1.54) is 10.5 Å². The number of halogens is 2. The number of carbonyl (C=O) groups is 4. The Kier molecular flexibility index (Phi) is 11.1. The van der Waals surface area contributed by atoms with Crippen LogP contribution in [0.1, 0.15) is 94.6 Å². The zero-order valence-corrected chi connectivity index (χ0v) is 34.9. The van der Waals surface area contributed by atoms with Crippen LogP contribution in [0.2, 0.25) is 0 Å². The molecule has 1 unspecified atom stereocenters. The quantitative estimate of drug-likeness (QED) is 0.282. The number of nitrogens with one attached hydrogen (secondary N) is 2. The number of allylic oxidation sites excluding steroid dienone is 1. The fourth-order valence-corrected chi connectivity index (χ4v) is 11.1. The monoisotopic (exact) mass is 858 g/mol. The van der Waals surface area contributed by atoms with Crippen LogP contribution in [0.25, 0.3) is 22.3 Å². The van der Waals surface area contributed by atoms with Gasteiger partial charge in [0.2, 0.25) is 27.7 Å². The first kappa shape index (κ1) is 41.4. The standard InChI is InChI=1S/C45H52F2N6O7S/c46-44(47)19-9-21-52(27-44)39(54)22-29-10-4-2-1-3-5-12-30-25-45(30,43(57)51-61(58,59)32-16-17-32)50-41(55)37-23-31(26-53(37)42(29)56)60-38-24-36(35-14-6-7-20-48-35)49-40-33-13-8-11-28(33)15-18-34(38)40/h5-7,12,14-15,18,20,24,29-32,37H,1-4,8-11,13,16-17,19,21-23,25-27H2,(H,50,55)(H,51,57)/t29-,30-,31-,37+,45?/m1/s1. The van der Waals surface area contributed by atoms with Gasteiger partial charge in [0.05, 0.1) is 35.2 Å². The Labute approximate surface area is 354 Å². The molecular weight excluding hydrogens is 807 g/mol. The normalized spacial score (nSPS) is 27.9. The molecule has 4 amide bonds. The van der Waals surface area contributed by atoms with Gasteiger partial charge < -0.3 is 19.9 Å². The van der Waals surface area contributed by atoms with Crippen molar-refractivity contribution in [1.29, 1.82) is 0 Å². The molecule has 3 aromatic rings.